The number of hydrogen-bond donors (Lipinski definition) is 2. The van der Waals surface area contributed by atoms with Crippen molar-refractivity contribution in [3.8, 4) is 0 Å². The highest BCUT2D eigenvalue weighted by atomic mass is 16.5. The van der Waals surface area contributed by atoms with E-state index in [-0.39, 0.29) is 17.4 Å². The Balaban J connectivity index is 1.64. The lowest BCUT2D eigenvalue weighted by Crippen LogP contribution is -2.15. The lowest BCUT2D eigenvalue weighted by Gasteiger charge is -2.08. The van der Waals surface area contributed by atoms with Crippen molar-refractivity contribution in [3.63, 3.8) is 0 Å². The second kappa shape index (κ2) is 6.57. The van der Waals surface area contributed by atoms with Crippen molar-refractivity contribution in [1.82, 2.24) is 14.8 Å². The minimum absolute atomic E-state index is 0.164. The average Bonchev–Trinajstić information content (AvgIpc) is 3.20. The summed E-state index contributed by atoms with van der Waals surface area (Å²) >= 11 is 0. The Labute approximate surface area is 132 Å². The number of rotatable bonds is 5. The van der Waals surface area contributed by atoms with E-state index in [1.165, 1.54) is 18.3 Å². The Morgan fingerprint density at radius 3 is 3.09 bits per heavy atom. The number of aromatic nitrogens is 3. The Kier molecular flexibility index (Phi) is 4.33. The van der Waals surface area contributed by atoms with Crippen molar-refractivity contribution in [2.24, 2.45) is 0 Å². The number of ether oxygens (including phenoxy) is 1. The quantitative estimate of drug-likeness (QED) is 0.863. The van der Waals surface area contributed by atoms with Gasteiger partial charge in [-0.2, -0.15) is 5.10 Å². The van der Waals surface area contributed by atoms with Gasteiger partial charge in [0, 0.05) is 24.6 Å². The standard InChI is InChI=1S/C15H16N4O4/c20-14(10-3-4-16-13(6-10)15(21)22)18-11-7-17-19(8-11)9-12-2-1-5-23-12/h3-4,6-8,12H,1-2,5,9H2,(H,18,20)(H,21,22). The van der Waals surface area contributed by atoms with Gasteiger partial charge in [-0.1, -0.05) is 0 Å². The zero-order valence-corrected chi connectivity index (χ0v) is 12.3. The Bertz CT molecular complexity index is 722. The van der Waals surface area contributed by atoms with Gasteiger partial charge in [0.15, 0.2) is 0 Å². The first-order chi connectivity index (χ1) is 11.1. The van der Waals surface area contributed by atoms with E-state index >= 15 is 0 Å². The SMILES string of the molecule is O=C(Nc1cnn(CC2CCCO2)c1)c1ccnc(C(=O)O)c1. The van der Waals surface area contributed by atoms with Gasteiger partial charge in [-0.05, 0) is 25.0 Å². The molecule has 0 radical (unpaired) electrons. The summed E-state index contributed by atoms with van der Waals surface area (Å²) in [5.41, 5.74) is 0.595. The van der Waals surface area contributed by atoms with E-state index in [0.717, 1.165) is 19.4 Å². The largest absolute Gasteiger partial charge is 0.477 e. The molecule has 1 aliphatic heterocycles. The van der Waals surface area contributed by atoms with Crippen molar-refractivity contribution >= 4 is 17.6 Å². The molecule has 8 heteroatoms. The Morgan fingerprint density at radius 1 is 1.48 bits per heavy atom. The molecule has 1 amide bonds. The molecular weight excluding hydrogens is 300 g/mol. The summed E-state index contributed by atoms with van der Waals surface area (Å²) in [5, 5.41) is 15.8. The topological polar surface area (TPSA) is 106 Å². The van der Waals surface area contributed by atoms with Gasteiger partial charge >= 0.3 is 5.97 Å². The predicted molar refractivity (Wildman–Crippen MR) is 80.4 cm³/mol. The van der Waals surface area contributed by atoms with Gasteiger partial charge in [-0.3, -0.25) is 9.48 Å². The molecule has 0 aliphatic carbocycles. The summed E-state index contributed by atoms with van der Waals surface area (Å²) in [5.74, 6) is -1.59. The fourth-order valence-corrected chi connectivity index (χ4v) is 2.42. The number of carboxylic acids is 1. The minimum Gasteiger partial charge on any atom is -0.477 e. The van der Waals surface area contributed by atoms with Crippen LogP contribution >= 0.6 is 0 Å². The number of anilines is 1. The molecule has 1 saturated heterocycles. The first-order valence-electron chi connectivity index (χ1n) is 7.26. The van der Waals surface area contributed by atoms with Crippen molar-refractivity contribution < 1.29 is 19.4 Å². The normalized spacial score (nSPS) is 17.1. The van der Waals surface area contributed by atoms with Gasteiger partial charge < -0.3 is 15.2 Å². The molecule has 2 aromatic heterocycles. The highest BCUT2D eigenvalue weighted by molar-refractivity contribution is 6.05. The highest BCUT2D eigenvalue weighted by Gasteiger charge is 2.17. The first-order valence-corrected chi connectivity index (χ1v) is 7.26. The summed E-state index contributed by atoms with van der Waals surface area (Å²) in [4.78, 5) is 26.7. The van der Waals surface area contributed by atoms with Gasteiger partial charge in [0.1, 0.15) is 5.69 Å². The zero-order valence-electron chi connectivity index (χ0n) is 12.3. The molecular formula is C15H16N4O4. The Hall–Kier alpha value is -2.74. The highest BCUT2D eigenvalue weighted by Crippen LogP contribution is 2.15. The maximum atomic E-state index is 12.1. The molecule has 0 spiro atoms. The first kappa shape index (κ1) is 15.2. The summed E-state index contributed by atoms with van der Waals surface area (Å²) < 4.78 is 7.26. The van der Waals surface area contributed by atoms with E-state index in [0.29, 0.717) is 12.2 Å². The second-order valence-electron chi connectivity index (χ2n) is 5.28. The average molecular weight is 316 g/mol. The van der Waals surface area contributed by atoms with E-state index in [2.05, 4.69) is 15.4 Å². The number of carbonyl (C=O) groups is 2. The van der Waals surface area contributed by atoms with Crippen molar-refractivity contribution in [2.75, 3.05) is 11.9 Å². The van der Waals surface area contributed by atoms with Crippen LogP contribution in [0.1, 0.15) is 33.7 Å². The third kappa shape index (κ3) is 3.72. The molecule has 2 aromatic rings. The minimum atomic E-state index is -1.18. The number of carboxylic acid groups (broad SMARTS) is 1. The van der Waals surface area contributed by atoms with Crippen LogP contribution in [0.15, 0.2) is 30.7 Å². The summed E-state index contributed by atoms with van der Waals surface area (Å²) in [6.07, 6.45) is 6.79. The van der Waals surface area contributed by atoms with E-state index < -0.39 is 11.9 Å². The molecule has 23 heavy (non-hydrogen) atoms. The number of amides is 1. The lowest BCUT2D eigenvalue weighted by atomic mass is 10.2. The number of carbonyl (C=O) groups excluding carboxylic acids is 1. The molecule has 1 unspecified atom stereocenters. The monoisotopic (exact) mass is 316 g/mol. The van der Waals surface area contributed by atoms with Crippen LogP contribution in [0.5, 0.6) is 0 Å². The molecule has 1 atom stereocenters. The van der Waals surface area contributed by atoms with Crippen LogP contribution in [0.25, 0.3) is 0 Å². The summed E-state index contributed by atoms with van der Waals surface area (Å²) in [6, 6.07) is 2.69. The molecule has 1 fully saturated rings. The van der Waals surface area contributed by atoms with Crippen LogP contribution in [0.2, 0.25) is 0 Å². The van der Waals surface area contributed by atoms with Crippen LogP contribution in [-0.2, 0) is 11.3 Å². The van der Waals surface area contributed by atoms with Gasteiger partial charge in [0.25, 0.3) is 5.91 Å². The molecule has 0 bridgehead atoms. The van der Waals surface area contributed by atoms with Crippen LogP contribution in [0.4, 0.5) is 5.69 Å². The zero-order chi connectivity index (χ0) is 16.2. The maximum Gasteiger partial charge on any atom is 0.354 e. The molecule has 120 valence electrons. The summed E-state index contributed by atoms with van der Waals surface area (Å²) in [6.45, 7) is 1.43. The van der Waals surface area contributed by atoms with Gasteiger partial charge in [0.2, 0.25) is 0 Å². The third-order valence-electron chi connectivity index (χ3n) is 3.55. The van der Waals surface area contributed by atoms with Gasteiger partial charge in [-0.25, -0.2) is 9.78 Å². The fraction of sp³-hybridized carbons (Fsp3) is 0.333. The number of pyridine rings is 1. The van der Waals surface area contributed by atoms with Crippen LogP contribution in [0, 0.1) is 0 Å². The number of aromatic carboxylic acids is 1. The van der Waals surface area contributed by atoms with Crippen molar-refractivity contribution in [3.05, 3.63) is 42.0 Å². The molecule has 1 aliphatic rings. The van der Waals surface area contributed by atoms with E-state index in [1.54, 1.807) is 17.1 Å². The maximum absolute atomic E-state index is 12.1. The summed E-state index contributed by atoms with van der Waals surface area (Å²) in [7, 11) is 0. The van der Waals surface area contributed by atoms with Crippen LogP contribution in [-0.4, -0.2) is 44.5 Å². The smallest absolute Gasteiger partial charge is 0.354 e. The van der Waals surface area contributed by atoms with Gasteiger partial charge in [-0.15, -0.1) is 0 Å². The van der Waals surface area contributed by atoms with Gasteiger partial charge in [0.05, 0.1) is 24.5 Å². The molecule has 3 rings (SSSR count). The number of hydrogen-bond acceptors (Lipinski definition) is 5. The molecule has 8 nitrogen and oxygen atoms in total. The van der Waals surface area contributed by atoms with E-state index in [4.69, 9.17) is 9.84 Å². The van der Waals surface area contributed by atoms with E-state index in [1.807, 2.05) is 0 Å². The lowest BCUT2D eigenvalue weighted by molar-refractivity contribution is 0.0690. The molecule has 0 saturated carbocycles. The molecule has 3 heterocycles. The fourth-order valence-electron chi connectivity index (χ4n) is 2.42. The number of nitrogens with zero attached hydrogens (tertiary/aromatic N) is 3. The third-order valence-corrected chi connectivity index (χ3v) is 3.55. The van der Waals surface area contributed by atoms with E-state index in [9.17, 15) is 9.59 Å². The predicted octanol–water partition coefficient (Wildman–Crippen LogP) is 1.41. The van der Waals surface area contributed by atoms with Crippen LogP contribution in [0.3, 0.4) is 0 Å². The second-order valence-corrected chi connectivity index (χ2v) is 5.28. The van der Waals surface area contributed by atoms with Crippen LogP contribution < -0.4 is 5.32 Å². The Morgan fingerprint density at radius 2 is 2.35 bits per heavy atom. The van der Waals surface area contributed by atoms with Crippen molar-refractivity contribution in [2.45, 2.75) is 25.5 Å². The number of nitrogens with one attached hydrogen (secondary N) is 1. The molecule has 0 aromatic carbocycles. The van der Waals surface area contributed by atoms with Crippen molar-refractivity contribution in [1.29, 1.82) is 0 Å². The molecule has 2 N–H and O–H groups in total.